The van der Waals surface area contributed by atoms with Crippen LogP contribution in [0.5, 0.6) is 11.5 Å². The van der Waals surface area contributed by atoms with Gasteiger partial charge in [-0.3, -0.25) is 4.79 Å². The lowest BCUT2D eigenvalue weighted by Crippen LogP contribution is -2.15. The molecule has 1 amide bonds. The second kappa shape index (κ2) is 10.8. The number of aromatic nitrogens is 2. The van der Waals surface area contributed by atoms with Gasteiger partial charge in [0.1, 0.15) is 17.3 Å². The number of halogens is 2. The molecule has 10 heteroatoms. The summed E-state index contributed by atoms with van der Waals surface area (Å²) in [5, 5.41) is 4.21. The number of nitrogen functional groups attached to an aromatic ring is 1. The predicted molar refractivity (Wildman–Crippen MR) is 130 cm³/mol. The van der Waals surface area contributed by atoms with Crippen molar-refractivity contribution >= 4 is 52.4 Å². The van der Waals surface area contributed by atoms with E-state index in [0.29, 0.717) is 44.6 Å². The van der Waals surface area contributed by atoms with Crippen LogP contribution in [0.25, 0.3) is 11.1 Å². The molecule has 32 heavy (non-hydrogen) atoms. The molecular formula is C22H22Cl2N4O3S. The van der Waals surface area contributed by atoms with Gasteiger partial charge in [0, 0.05) is 16.7 Å². The van der Waals surface area contributed by atoms with E-state index in [1.165, 1.54) is 26.0 Å². The summed E-state index contributed by atoms with van der Waals surface area (Å²) in [7, 11) is 3.00. The molecule has 0 bridgehead atoms. The molecule has 0 fully saturated rings. The number of benzene rings is 2. The highest BCUT2D eigenvalue weighted by molar-refractivity contribution is 7.99. The molecule has 0 atom stereocenters. The molecule has 0 spiro atoms. The number of thioether (sulfide) groups is 1. The van der Waals surface area contributed by atoms with E-state index in [2.05, 4.69) is 15.3 Å². The Bertz CT molecular complexity index is 1130. The third-order valence-electron chi connectivity index (χ3n) is 4.54. The van der Waals surface area contributed by atoms with E-state index in [1.807, 2.05) is 19.1 Å². The Labute approximate surface area is 200 Å². The summed E-state index contributed by atoms with van der Waals surface area (Å²) in [6.07, 6.45) is 0.659. The van der Waals surface area contributed by atoms with Crippen molar-refractivity contribution in [2.45, 2.75) is 18.5 Å². The number of nitrogens with one attached hydrogen (secondary N) is 1. The average molecular weight is 493 g/mol. The van der Waals surface area contributed by atoms with E-state index < -0.39 is 0 Å². The third kappa shape index (κ3) is 5.56. The Balaban J connectivity index is 1.74. The fraction of sp³-hybridized carbons (Fsp3) is 0.227. The molecule has 7 nitrogen and oxygen atoms in total. The van der Waals surface area contributed by atoms with Crippen LogP contribution in [0.3, 0.4) is 0 Å². The minimum atomic E-state index is -0.267. The number of carbonyl (C=O) groups is 1. The van der Waals surface area contributed by atoms with Crippen LogP contribution in [-0.4, -0.2) is 35.8 Å². The summed E-state index contributed by atoms with van der Waals surface area (Å²) in [4.78, 5) is 21.5. The molecule has 1 aromatic heterocycles. The number of ether oxygens (including phenoxy) is 2. The highest BCUT2D eigenvalue weighted by Gasteiger charge is 2.16. The van der Waals surface area contributed by atoms with Crippen molar-refractivity contribution in [2.24, 2.45) is 0 Å². The number of aryl methyl sites for hydroxylation is 1. The summed E-state index contributed by atoms with van der Waals surface area (Å²) >= 11 is 13.3. The molecule has 2 aromatic carbocycles. The van der Waals surface area contributed by atoms with Crippen molar-refractivity contribution < 1.29 is 14.3 Å². The molecule has 0 unspecified atom stereocenters. The number of nitrogens with two attached hydrogens (primary N) is 1. The summed E-state index contributed by atoms with van der Waals surface area (Å²) in [6, 6.07) is 10.5. The lowest BCUT2D eigenvalue weighted by Gasteiger charge is -2.14. The normalized spacial score (nSPS) is 10.7. The van der Waals surface area contributed by atoms with Gasteiger partial charge in [-0.2, -0.15) is 0 Å². The quantitative estimate of drug-likeness (QED) is 0.323. The van der Waals surface area contributed by atoms with Gasteiger partial charge in [-0.05, 0) is 30.2 Å². The zero-order valence-electron chi connectivity index (χ0n) is 17.7. The smallest absolute Gasteiger partial charge is 0.234 e. The molecule has 3 aromatic rings. The van der Waals surface area contributed by atoms with Gasteiger partial charge in [0.25, 0.3) is 0 Å². The van der Waals surface area contributed by atoms with Crippen molar-refractivity contribution in [3.05, 3.63) is 52.1 Å². The SMILES string of the molecule is CCc1nc(SCC(=O)Nc2cc(Cl)c(OC)cc2OC)nc(N)c1-c1ccc(Cl)cc1. The lowest BCUT2D eigenvalue weighted by atomic mass is 10.0. The predicted octanol–water partition coefficient (Wildman–Crippen LogP) is 5.34. The van der Waals surface area contributed by atoms with Crippen LogP contribution < -0.4 is 20.5 Å². The lowest BCUT2D eigenvalue weighted by molar-refractivity contribution is -0.113. The van der Waals surface area contributed by atoms with Crippen molar-refractivity contribution in [1.82, 2.24) is 9.97 Å². The summed E-state index contributed by atoms with van der Waals surface area (Å²) in [5.41, 5.74) is 9.14. The van der Waals surface area contributed by atoms with Gasteiger partial charge in [-0.25, -0.2) is 9.97 Å². The zero-order chi connectivity index (χ0) is 23.3. The van der Waals surface area contributed by atoms with Crippen LogP contribution in [-0.2, 0) is 11.2 Å². The molecule has 3 N–H and O–H groups in total. The first-order valence-corrected chi connectivity index (χ1v) is 11.4. The molecule has 3 rings (SSSR count). The summed E-state index contributed by atoms with van der Waals surface area (Å²) < 4.78 is 10.5. The highest BCUT2D eigenvalue weighted by atomic mass is 35.5. The number of carbonyl (C=O) groups excluding carboxylic acids is 1. The second-order valence-corrected chi connectivity index (χ2v) is 8.38. The first kappa shape index (κ1) is 24.0. The maximum Gasteiger partial charge on any atom is 0.234 e. The Hall–Kier alpha value is -2.68. The standard InChI is InChI=1S/C22H22Cl2N4O3S/c1-4-15-20(12-5-7-13(23)8-6-12)21(25)28-22(27-15)32-11-19(29)26-16-9-14(24)17(30-2)10-18(16)31-3/h5-10H,4,11H2,1-3H3,(H,26,29)(H2,25,27,28). The number of methoxy groups -OCH3 is 2. The molecule has 0 saturated carbocycles. The molecule has 0 aliphatic heterocycles. The molecule has 0 aliphatic carbocycles. The van der Waals surface area contributed by atoms with E-state index >= 15 is 0 Å². The van der Waals surface area contributed by atoms with Crippen molar-refractivity contribution in [2.75, 3.05) is 31.0 Å². The first-order chi connectivity index (χ1) is 15.4. The number of hydrogen-bond acceptors (Lipinski definition) is 7. The van der Waals surface area contributed by atoms with Crippen LogP contribution in [0.1, 0.15) is 12.6 Å². The molecular weight excluding hydrogens is 471 g/mol. The van der Waals surface area contributed by atoms with Crippen LogP contribution in [0.4, 0.5) is 11.5 Å². The Morgan fingerprint density at radius 2 is 1.78 bits per heavy atom. The van der Waals surface area contributed by atoms with E-state index in [1.54, 1.807) is 24.3 Å². The Morgan fingerprint density at radius 1 is 1.09 bits per heavy atom. The topological polar surface area (TPSA) is 99.4 Å². The van der Waals surface area contributed by atoms with E-state index in [9.17, 15) is 4.79 Å². The Morgan fingerprint density at radius 3 is 2.41 bits per heavy atom. The van der Waals surface area contributed by atoms with E-state index in [-0.39, 0.29) is 11.7 Å². The maximum atomic E-state index is 12.5. The molecule has 0 radical (unpaired) electrons. The fourth-order valence-electron chi connectivity index (χ4n) is 3.03. The van der Waals surface area contributed by atoms with Crippen molar-refractivity contribution in [3.8, 4) is 22.6 Å². The van der Waals surface area contributed by atoms with E-state index in [0.717, 1.165) is 16.8 Å². The van der Waals surface area contributed by atoms with Crippen molar-refractivity contribution in [3.63, 3.8) is 0 Å². The minimum Gasteiger partial charge on any atom is -0.495 e. The molecule has 0 saturated heterocycles. The molecule has 0 aliphatic rings. The highest BCUT2D eigenvalue weighted by Crippen LogP contribution is 2.36. The van der Waals surface area contributed by atoms with Gasteiger partial charge in [-0.1, -0.05) is 54.0 Å². The minimum absolute atomic E-state index is 0.0791. The van der Waals surface area contributed by atoms with Gasteiger partial charge in [0.05, 0.1) is 36.4 Å². The van der Waals surface area contributed by atoms with Crippen LogP contribution in [0.15, 0.2) is 41.6 Å². The Kier molecular flexibility index (Phi) is 8.06. The number of anilines is 2. The molecule has 168 valence electrons. The summed E-state index contributed by atoms with van der Waals surface area (Å²) in [6.45, 7) is 1.99. The zero-order valence-corrected chi connectivity index (χ0v) is 20.1. The van der Waals surface area contributed by atoms with Gasteiger partial charge >= 0.3 is 0 Å². The number of hydrogen-bond donors (Lipinski definition) is 2. The number of amides is 1. The fourth-order valence-corrected chi connectivity index (χ4v) is 4.07. The summed E-state index contributed by atoms with van der Waals surface area (Å²) in [5.74, 6) is 1.05. The maximum absolute atomic E-state index is 12.5. The van der Waals surface area contributed by atoms with E-state index in [4.69, 9.17) is 38.4 Å². The average Bonchev–Trinajstić information content (AvgIpc) is 2.78. The number of rotatable bonds is 8. The van der Waals surface area contributed by atoms with Gasteiger partial charge in [-0.15, -0.1) is 0 Å². The third-order valence-corrected chi connectivity index (χ3v) is 5.93. The number of nitrogens with zero attached hydrogens (tertiary/aromatic N) is 2. The van der Waals surface area contributed by atoms with Crippen molar-refractivity contribution in [1.29, 1.82) is 0 Å². The monoisotopic (exact) mass is 492 g/mol. The van der Waals surface area contributed by atoms with Gasteiger partial charge in [0.15, 0.2) is 5.16 Å². The van der Waals surface area contributed by atoms with Crippen LogP contribution in [0.2, 0.25) is 10.0 Å². The largest absolute Gasteiger partial charge is 0.495 e. The molecule has 1 heterocycles. The second-order valence-electron chi connectivity index (χ2n) is 6.60. The van der Waals surface area contributed by atoms with Gasteiger partial charge < -0.3 is 20.5 Å². The first-order valence-electron chi connectivity index (χ1n) is 9.62. The van der Waals surface area contributed by atoms with Gasteiger partial charge in [0.2, 0.25) is 5.91 Å². The van der Waals surface area contributed by atoms with Crippen LogP contribution in [0, 0.1) is 0 Å². The van der Waals surface area contributed by atoms with Crippen LogP contribution >= 0.6 is 35.0 Å².